The van der Waals surface area contributed by atoms with Crippen molar-refractivity contribution < 1.29 is 31.8 Å². The predicted octanol–water partition coefficient (Wildman–Crippen LogP) is 3.11. The summed E-state index contributed by atoms with van der Waals surface area (Å²) in [6.45, 7) is 1.91. The highest BCUT2D eigenvalue weighted by Crippen LogP contribution is 2.41. The van der Waals surface area contributed by atoms with Gasteiger partial charge in [-0.25, -0.2) is 12.8 Å². The van der Waals surface area contributed by atoms with Crippen LogP contribution in [0.2, 0.25) is 0 Å². The molecule has 0 bridgehead atoms. The number of sulfone groups is 1. The largest absolute Gasteiger partial charge is 0.493 e. The lowest BCUT2D eigenvalue weighted by Gasteiger charge is -2.20. The molecule has 9 heteroatoms. The van der Waals surface area contributed by atoms with Gasteiger partial charge in [0.15, 0.2) is 11.5 Å². The Kier molecular flexibility index (Phi) is 8.27. The molecule has 0 aliphatic carbocycles. The topological polar surface area (TPSA) is 90.9 Å². The molecule has 1 N–H and O–H groups in total. The number of ether oxygens (including phenoxy) is 3. The Hall–Kier alpha value is -2.81. The first-order valence-corrected chi connectivity index (χ1v) is 11.7. The average molecular weight is 454 g/mol. The molecule has 0 spiro atoms. The maximum Gasteiger partial charge on any atom is 0.251 e. The normalized spacial score (nSPS) is 12.2. The number of halogens is 1. The lowest BCUT2D eigenvalue weighted by atomic mass is 9.96. The highest BCUT2D eigenvalue weighted by atomic mass is 32.2. The zero-order chi connectivity index (χ0) is 23.2. The highest BCUT2D eigenvalue weighted by molar-refractivity contribution is 7.90. The van der Waals surface area contributed by atoms with E-state index < -0.39 is 9.84 Å². The van der Waals surface area contributed by atoms with Gasteiger partial charge in [-0.3, -0.25) is 4.79 Å². The first-order chi connectivity index (χ1) is 14.6. The van der Waals surface area contributed by atoms with Crippen LogP contribution >= 0.6 is 0 Å². The summed E-state index contributed by atoms with van der Waals surface area (Å²) in [7, 11) is 1.22. The third-order valence-electron chi connectivity index (χ3n) is 5.01. The molecule has 170 valence electrons. The van der Waals surface area contributed by atoms with Crippen molar-refractivity contribution in [3.05, 3.63) is 52.8 Å². The van der Waals surface area contributed by atoms with Gasteiger partial charge < -0.3 is 19.5 Å². The molecule has 1 atom stereocenters. The van der Waals surface area contributed by atoms with Crippen molar-refractivity contribution in [2.75, 3.05) is 39.9 Å². The van der Waals surface area contributed by atoms with Gasteiger partial charge in [-0.1, -0.05) is 12.1 Å². The van der Waals surface area contributed by atoms with Gasteiger partial charge in [-0.2, -0.15) is 0 Å². The van der Waals surface area contributed by atoms with E-state index in [1.807, 2.05) is 0 Å². The number of carbonyl (C=O) groups excluding carboxylic acids is 1. The van der Waals surface area contributed by atoms with Crippen LogP contribution in [0, 0.1) is 12.7 Å². The summed E-state index contributed by atoms with van der Waals surface area (Å²) in [6.07, 6.45) is 1.45. The monoisotopic (exact) mass is 453 g/mol. The summed E-state index contributed by atoms with van der Waals surface area (Å²) < 4.78 is 52.6. The number of hydrogen-bond acceptors (Lipinski definition) is 6. The maximum atomic E-state index is 13.3. The summed E-state index contributed by atoms with van der Waals surface area (Å²) in [5.41, 5.74) is 1.66. The minimum absolute atomic E-state index is 0.0475. The Morgan fingerprint density at radius 1 is 1.06 bits per heavy atom. The molecule has 0 saturated carbocycles. The van der Waals surface area contributed by atoms with Gasteiger partial charge in [0, 0.05) is 29.8 Å². The van der Waals surface area contributed by atoms with Crippen LogP contribution in [0.1, 0.15) is 33.8 Å². The lowest BCUT2D eigenvalue weighted by molar-refractivity contribution is 0.0949. The standard InChI is InChI=1S/C22H28FNO6S/c1-14-18(12-19(28-2)21(30-4)20(14)29-3)22(25)24-13-16(10-11-31(5,26)27)15-6-8-17(23)9-7-15/h6-9,12,16H,10-11,13H2,1-5H3,(H,24,25). The molecule has 0 fully saturated rings. The van der Waals surface area contributed by atoms with E-state index in [0.29, 0.717) is 34.8 Å². The van der Waals surface area contributed by atoms with Crippen LogP contribution < -0.4 is 19.5 Å². The molecule has 0 aliphatic rings. The number of amides is 1. The van der Waals surface area contributed by atoms with Crippen LogP contribution in [0.25, 0.3) is 0 Å². The number of rotatable bonds is 10. The summed E-state index contributed by atoms with van der Waals surface area (Å²) in [5, 5.41) is 2.85. The Balaban J connectivity index is 2.28. The minimum Gasteiger partial charge on any atom is -0.493 e. The van der Waals surface area contributed by atoms with Crippen molar-refractivity contribution in [3.8, 4) is 17.2 Å². The molecule has 0 aromatic heterocycles. The molecule has 2 rings (SSSR count). The van der Waals surface area contributed by atoms with Crippen LogP contribution in [-0.2, 0) is 9.84 Å². The number of nitrogens with one attached hydrogen (secondary N) is 1. The first-order valence-electron chi connectivity index (χ1n) is 9.62. The van der Waals surface area contributed by atoms with Gasteiger partial charge in [-0.15, -0.1) is 0 Å². The van der Waals surface area contributed by atoms with Gasteiger partial charge in [0.2, 0.25) is 5.75 Å². The molecule has 1 amide bonds. The predicted molar refractivity (Wildman–Crippen MR) is 117 cm³/mol. The van der Waals surface area contributed by atoms with Crippen molar-refractivity contribution in [1.29, 1.82) is 0 Å². The SMILES string of the molecule is COc1cc(C(=O)NCC(CCS(C)(=O)=O)c2ccc(F)cc2)c(C)c(OC)c1OC. The van der Waals surface area contributed by atoms with Crippen molar-refractivity contribution in [2.24, 2.45) is 0 Å². The number of benzene rings is 2. The second kappa shape index (κ2) is 10.5. The van der Waals surface area contributed by atoms with E-state index >= 15 is 0 Å². The molecule has 2 aromatic rings. The third-order valence-corrected chi connectivity index (χ3v) is 5.99. The van der Waals surface area contributed by atoms with E-state index in [1.165, 1.54) is 33.5 Å². The number of methoxy groups -OCH3 is 3. The molecule has 0 saturated heterocycles. The second-order valence-corrected chi connectivity index (χ2v) is 9.45. The van der Waals surface area contributed by atoms with E-state index in [2.05, 4.69) is 5.32 Å². The van der Waals surface area contributed by atoms with Crippen LogP contribution in [0.4, 0.5) is 4.39 Å². The molecule has 0 aliphatic heterocycles. The molecule has 1 unspecified atom stereocenters. The molecular formula is C22H28FNO6S. The average Bonchev–Trinajstić information content (AvgIpc) is 2.73. The van der Waals surface area contributed by atoms with Gasteiger partial charge in [0.05, 0.1) is 27.1 Å². The number of hydrogen-bond donors (Lipinski definition) is 1. The van der Waals surface area contributed by atoms with Crippen LogP contribution in [-0.4, -0.2) is 54.2 Å². The van der Waals surface area contributed by atoms with Crippen LogP contribution in [0.3, 0.4) is 0 Å². The first kappa shape index (κ1) is 24.5. The fourth-order valence-corrected chi connectivity index (χ4v) is 4.04. The summed E-state index contributed by atoms with van der Waals surface area (Å²) >= 11 is 0. The van der Waals surface area contributed by atoms with E-state index in [4.69, 9.17) is 14.2 Å². The van der Waals surface area contributed by atoms with Crippen LogP contribution in [0.5, 0.6) is 17.2 Å². The Labute approximate surface area is 182 Å². The zero-order valence-corrected chi connectivity index (χ0v) is 19.1. The fraction of sp³-hybridized carbons (Fsp3) is 0.409. The third kappa shape index (κ3) is 6.33. The van der Waals surface area contributed by atoms with Crippen molar-refractivity contribution >= 4 is 15.7 Å². The van der Waals surface area contributed by atoms with Gasteiger partial charge in [-0.05, 0) is 37.1 Å². The smallest absolute Gasteiger partial charge is 0.251 e. The van der Waals surface area contributed by atoms with Gasteiger partial charge in [0.25, 0.3) is 5.91 Å². The molecule has 0 heterocycles. The second-order valence-electron chi connectivity index (χ2n) is 7.19. The number of carbonyl (C=O) groups is 1. The Morgan fingerprint density at radius 2 is 1.68 bits per heavy atom. The zero-order valence-electron chi connectivity index (χ0n) is 18.3. The maximum absolute atomic E-state index is 13.3. The van der Waals surface area contributed by atoms with E-state index in [0.717, 1.165) is 11.8 Å². The molecule has 7 nitrogen and oxygen atoms in total. The lowest BCUT2D eigenvalue weighted by Crippen LogP contribution is -2.30. The van der Waals surface area contributed by atoms with Gasteiger partial charge >= 0.3 is 0 Å². The summed E-state index contributed by atoms with van der Waals surface area (Å²) in [4.78, 5) is 13.0. The molecular weight excluding hydrogens is 425 g/mol. The quantitative estimate of drug-likeness (QED) is 0.595. The molecule has 0 radical (unpaired) electrons. The highest BCUT2D eigenvalue weighted by Gasteiger charge is 2.23. The van der Waals surface area contributed by atoms with Crippen molar-refractivity contribution in [1.82, 2.24) is 5.32 Å². The Morgan fingerprint density at radius 3 is 2.19 bits per heavy atom. The summed E-state index contributed by atoms with van der Waals surface area (Å²) in [6, 6.07) is 7.38. The van der Waals surface area contributed by atoms with Crippen LogP contribution in [0.15, 0.2) is 30.3 Å². The fourth-order valence-electron chi connectivity index (χ4n) is 3.32. The summed E-state index contributed by atoms with van der Waals surface area (Å²) in [5.74, 6) is 0.0130. The van der Waals surface area contributed by atoms with E-state index in [1.54, 1.807) is 25.1 Å². The van der Waals surface area contributed by atoms with Crippen molar-refractivity contribution in [2.45, 2.75) is 19.3 Å². The van der Waals surface area contributed by atoms with E-state index in [-0.39, 0.29) is 29.9 Å². The minimum atomic E-state index is -3.19. The van der Waals surface area contributed by atoms with Gasteiger partial charge in [0.1, 0.15) is 15.7 Å². The van der Waals surface area contributed by atoms with Crippen molar-refractivity contribution in [3.63, 3.8) is 0 Å². The Bertz CT molecular complexity index is 1020. The molecule has 31 heavy (non-hydrogen) atoms. The molecule has 2 aromatic carbocycles. The van der Waals surface area contributed by atoms with E-state index in [9.17, 15) is 17.6 Å².